The summed E-state index contributed by atoms with van der Waals surface area (Å²) >= 11 is 18.2. The normalized spacial score (nSPS) is 12.8. The number of amides is 1. The summed E-state index contributed by atoms with van der Waals surface area (Å²) in [5.74, 6) is -0.848. The summed E-state index contributed by atoms with van der Waals surface area (Å²) in [4.78, 5) is 16.4. The lowest BCUT2D eigenvalue weighted by molar-refractivity contribution is -0.172. The number of nitrogens with one attached hydrogen (secondary N) is 2. The van der Waals surface area contributed by atoms with E-state index in [0.717, 1.165) is 0 Å². The second-order valence-corrected chi connectivity index (χ2v) is 6.97. The number of halogens is 3. The van der Waals surface area contributed by atoms with Crippen LogP contribution in [0.5, 0.6) is 0 Å². The smallest absolute Gasteiger partial charge is 0.264 e. The number of benzene rings is 2. The minimum Gasteiger partial charge on any atom is -0.394 e. The van der Waals surface area contributed by atoms with Crippen LogP contribution in [0, 0.1) is 0 Å². The van der Waals surface area contributed by atoms with Crippen LogP contribution in [0.1, 0.15) is 5.56 Å². The number of primary amides is 1. The molecule has 154 valence electrons. The fourth-order valence-electron chi connectivity index (χ4n) is 2.29. The summed E-state index contributed by atoms with van der Waals surface area (Å²) in [6.07, 6.45) is 0. The van der Waals surface area contributed by atoms with Crippen LogP contribution in [0.15, 0.2) is 58.7 Å². The Morgan fingerprint density at radius 3 is 2.28 bits per heavy atom. The summed E-state index contributed by atoms with van der Waals surface area (Å²) in [6, 6.07) is 11.5. The van der Waals surface area contributed by atoms with E-state index < -0.39 is 5.91 Å². The van der Waals surface area contributed by atoms with Gasteiger partial charge in [-0.05, 0) is 30.3 Å². The lowest BCUT2D eigenvalue weighted by Gasteiger charge is -2.19. The molecule has 0 aliphatic carbocycles. The fourth-order valence-corrected chi connectivity index (χ4v) is 2.87. The zero-order valence-corrected chi connectivity index (χ0v) is 17.6. The average Bonchev–Trinajstić information content (AvgIpc) is 2.69. The first kappa shape index (κ1) is 23.1. The molecular formula is C18H19Cl3N6O2. The lowest BCUT2D eigenvalue weighted by atomic mass is 10.00. The van der Waals surface area contributed by atoms with Crippen LogP contribution in [0.3, 0.4) is 0 Å². The van der Waals surface area contributed by atoms with E-state index in [1.165, 1.54) is 13.1 Å². The van der Waals surface area contributed by atoms with Crippen LogP contribution in [-0.2, 0) is 4.79 Å². The molecule has 0 aliphatic rings. The zero-order chi connectivity index (χ0) is 21.6. The molecule has 8 nitrogen and oxygen atoms in total. The van der Waals surface area contributed by atoms with Crippen LogP contribution in [-0.4, -0.2) is 35.7 Å². The third-order valence-electron chi connectivity index (χ3n) is 3.75. The molecule has 7 N–H and O–H groups in total. The van der Waals surface area contributed by atoms with Gasteiger partial charge in [0.2, 0.25) is 0 Å². The molecule has 2 aromatic rings. The van der Waals surface area contributed by atoms with Gasteiger partial charge < -0.3 is 11.5 Å². The largest absolute Gasteiger partial charge is 0.394 e. The minimum absolute atomic E-state index is 0.0845. The predicted molar refractivity (Wildman–Crippen MR) is 115 cm³/mol. The highest BCUT2D eigenvalue weighted by atomic mass is 35.5. The number of nitrogens with zero attached hydrogens (tertiary/aromatic N) is 2. The van der Waals surface area contributed by atoms with Crippen molar-refractivity contribution in [1.29, 1.82) is 0 Å². The highest BCUT2D eigenvalue weighted by molar-refractivity contribution is 6.36. The minimum atomic E-state index is -0.848. The van der Waals surface area contributed by atoms with Gasteiger partial charge in [0.05, 0.1) is 16.4 Å². The van der Waals surface area contributed by atoms with Crippen molar-refractivity contribution in [3.05, 3.63) is 74.4 Å². The molecule has 0 spiro atoms. The Morgan fingerprint density at radius 2 is 1.72 bits per heavy atom. The second-order valence-electron chi connectivity index (χ2n) is 5.69. The molecule has 0 saturated carbocycles. The molecule has 0 atom stereocenters. The van der Waals surface area contributed by atoms with Crippen molar-refractivity contribution in [1.82, 2.24) is 16.1 Å². The first-order valence-electron chi connectivity index (χ1n) is 8.21. The van der Waals surface area contributed by atoms with Crippen molar-refractivity contribution in [3.8, 4) is 0 Å². The van der Waals surface area contributed by atoms with Crippen molar-refractivity contribution in [2.75, 3.05) is 13.6 Å². The van der Waals surface area contributed by atoms with Crippen LogP contribution < -0.4 is 22.3 Å². The van der Waals surface area contributed by atoms with Gasteiger partial charge in [0, 0.05) is 34.8 Å². The van der Waals surface area contributed by atoms with E-state index in [9.17, 15) is 10.0 Å². The van der Waals surface area contributed by atoms with Crippen LogP contribution in [0.25, 0.3) is 0 Å². The van der Waals surface area contributed by atoms with E-state index in [0.29, 0.717) is 37.3 Å². The third kappa shape index (κ3) is 6.41. The Hall–Kier alpha value is -2.17. The molecule has 0 unspecified atom stereocenters. The van der Waals surface area contributed by atoms with Crippen molar-refractivity contribution < 1.29 is 10.0 Å². The summed E-state index contributed by atoms with van der Waals surface area (Å²) in [7, 11) is 1.48. The molecule has 2 rings (SSSR count). The standard InChI is InChI=1S/C18H19Cl3N6O2/c1-24-27(29)25-9-13(16(22)18(23)28)17(10-2-4-11(19)5-3-10)26-15-7-6-12(20)8-14(15)21/h2-8,24-25,29H,9,22H2,1H3,(H2,23,28)/b16-13-,26-17?. The lowest BCUT2D eigenvalue weighted by Crippen LogP contribution is -2.45. The molecule has 11 heteroatoms. The van der Waals surface area contributed by atoms with Gasteiger partial charge in [-0.25, -0.2) is 15.8 Å². The Kier molecular flexibility index (Phi) is 8.42. The van der Waals surface area contributed by atoms with Gasteiger partial charge in [0.1, 0.15) is 5.70 Å². The van der Waals surface area contributed by atoms with Gasteiger partial charge >= 0.3 is 0 Å². The number of hydrogen-bond acceptors (Lipinski definition) is 7. The van der Waals surface area contributed by atoms with E-state index in [1.807, 2.05) is 0 Å². The fraction of sp³-hybridized carbons (Fsp3) is 0.111. The maximum atomic E-state index is 11.8. The van der Waals surface area contributed by atoms with Gasteiger partial charge in [0.25, 0.3) is 5.91 Å². The summed E-state index contributed by atoms with van der Waals surface area (Å²) in [5.41, 5.74) is 17.7. The molecule has 0 heterocycles. The van der Waals surface area contributed by atoms with E-state index in [2.05, 4.69) is 15.8 Å². The van der Waals surface area contributed by atoms with Crippen molar-refractivity contribution in [3.63, 3.8) is 0 Å². The monoisotopic (exact) mass is 456 g/mol. The Balaban J connectivity index is 2.67. The summed E-state index contributed by atoms with van der Waals surface area (Å²) in [5, 5.41) is 11.5. The maximum Gasteiger partial charge on any atom is 0.264 e. The molecule has 2 aromatic carbocycles. The van der Waals surface area contributed by atoms with E-state index in [4.69, 9.17) is 46.3 Å². The predicted octanol–water partition coefficient (Wildman–Crippen LogP) is 2.80. The Bertz CT molecular complexity index is 947. The molecule has 0 bridgehead atoms. The summed E-state index contributed by atoms with van der Waals surface area (Å²) in [6.45, 7) is -0.0845. The number of nitrogens with two attached hydrogens (primary N) is 2. The highest BCUT2D eigenvalue weighted by Gasteiger charge is 2.19. The Labute approximate surface area is 182 Å². The third-order valence-corrected chi connectivity index (χ3v) is 4.54. The first-order chi connectivity index (χ1) is 13.7. The van der Waals surface area contributed by atoms with Gasteiger partial charge in [-0.1, -0.05) is 52.2 Å². The quantitative estimate of drug-likeness (QED) is 0.235. The Morgan fingerprint density at radius 1 is 1.10 bits per heavy atom. The molecule has 0 radical (unpaired) electrons. The number of carbonyl (C=O) groups is 1. The molecule has 0 aromatic heterocycles. The van der Waals surface area contributed by atoms with Crippen LogP contribution >= 0.6 is 34.8 Å². The molecule has 0 aliphatic heterocycles. The van der Waals surface area contributed by atoms with Crippen molar-refractivity contribution in [2.24, 2.45) is 16.5 Å². The molecule has 29 heavy (non-hydrogen) atoms. The zero-order valence-electron chi connectivity index (χ0n) is 15.3. The van der Waals surface area contributed by atoms with Gasteiger partial charge in [-0.3, -0.25) is 10.0 Å². The van der Waals surface area contributed by atoms with Gasteiger partial charge in [-0.2, -0.15) is 0 Å². The SMILES string of the molecule is CNN(O)NC/C(C(=Nc1ccc(Cl)cc1Cl)c1ccc(Cl)cc1)=C(/N)C(N)=O. The van der Waals surface area contributed by atoms with Crippen LogP contribution in [0.4, 0.5) is 5.69 Å². The molecule has 1 amide bonds. The number of carbonyl (C=O) groups excluding carboxylic acids is 1. The number of hydrazine groups is 2. The van der Waals surface area contributed by atoms with Gasteiger partial charge in [-0.15, -0.1) is 0 Å². The second kappa shape index (κ2) is 10.6. The van der Waals surface area contributed by atoms with Crippen molar-refractivity contribution in [2.45, 2.75) is 0 Å². The van der Waals surface area contributed by atoms with Crippen molar-refractivity contribution >= 4 is 52.1 Å². The van der Waals surface area contributed by atoms with E-state index in [-0.39, 0.29) is 17.8 Å². The molecule has 0 fully saturated rings. The van der Waals surface area contributed by atoms with Crippen LogP contribution in [0.2, 0.25) is 15.1 Å². The number of aliphatic imine (C=N–C) groups is 1. The topological polar surface area (TPSA) is 129 Å². The molecule has 0 saturated heterocycles. The van der Waals surface area contributed by atoms with Gasteiger partial charge in [0.15, 0.2) is 0 Å². The first-order valence-corrected chi connectivity index (χ1v) is 9.34. The van der Waals surface area contributed by atoms with E-state index >= 15 is 0 Å². The maximum absolute atomic E-state index is 11.8. The average molecular weight is 458 g/mol. The molecular weight excluding hydrogens is 439 g/mol. The number of rotatable bonds is 8. The highest BCUT2D eigenvalue weighted by Crippen LogP contribution is 2.30. The van der Waals surface area contributed by atoms with E-state index in [1.54, 1.807) is 36.4 Å². The number of hydrogen-bond donors (Lipinski definition) is 5. The summed E-state index contributed by atoms with van der Waals surface area (Å²) < 4.78 is 0.